The van der Waals surface area contributed by atoms with Crippen molar-refractivity contribution in [1.82, 2.24) is 9.13 Å². The summed E-state index contributed by atoms with van der Waals surface area (Å²) < 4.78 is 17.6. The van der Waals surface area contributed by atoms with E-state index < -0.39 is 0 Å². The Morgan fingerprint density at radius 2 is 0.931 bits per heavy atom. The van der Waals surface area contributed by atoms with E-state index in [2.05, 4.69) is 78.3 Å². The van der Waals surface area contributed by atoms with Gasteiger partial charge in [0, 0.05) is 48.8 Å². The van der Waals surface area contributed by atoms with E-state index in [-0.39, 0.29) is 11.4 Å². The Labute approximate surface area is 329 Å². The minimum Gasteiger partial charge on any atom is -0.454 e. The molecule has 12 aromatic rings. The van der Waals surface area contributed by atoms with Gasteiger partial charge in [-0.05, 0) is 65.7 Å². The molecule has 0 spiro atoms. The van der Waals surface area contributed by atoms with Crippen LogP contribution in [0.2, 0.25) is 0 Å². The zero-order valence-corrected chi connectivity index (χ0v) is 30.5. The zero-order chi connectivity index (χ0) is 38.6. The highest BCUT2D eigenvalue weighted by atomic mass is 16.3. The van der Waals surface area contributed by atoms with Crippen molar-refractivity contribution in [2.75, 3.05) is 0 Å². The van der Waals surface area contributed by atoms with Crippen molar-refractivity contribution in [3.63, 3.8) is 0 Å². The quantitative estimate of drug-likeness (QED) is 0.169. The number of fused-ring (bicyclic) bond motifs is 14. The SMILES string of the molecule is [C-]#[N+]c1ccc(-n2c3ccccc3c3ccc4c5ccccc5oc4c32)c(-c2cc([N+]#[C-])c([N+]#[C-])c(-n3c4ccccc4c4ccc5c6ccccc6oc5c43)c2)c1. The second kappa shape index (κ2) is 11.7. The van der Waals surface area contributed by atoms with Crippen LogP contribution in [0.15, 0.2) is 160 Å². The Bertz CT molecular complexity index is 3910. The van der Waals surface area contributed by atoms with E-state index >= 15 is 0 Å². The lowest BCUT2D eigenvalue weighted by molar-refractivity contribution is 0.671. The normalized spacial score (nSPS) is 11.7. The predicted octanol–water partition coefficient (Wildman–Crippen LogP) is 15.0. The molecule has 8 aromatic carbocycles. The molecule has 0 unspecified atom stereocenters. The molecule has 0 aliphatic carbocycles. The van der Waals surface area contributed by atoms with Gasteiger partial charge in [0.2, 0.25) is 5.69 Å². The highest BCUT2D eigenvalue weighted by Crippen LogP contribution is 2.48. The summed E-state index contributed by atoms with van der Waals surface area (Å²) in [6.07, 6.45) is 0. The summed E-state index contributed by atoms with van der Waals surface area (Å²) in [5, 5.41) is 8.08. The van der Waals surface area contributed by atoms with Crippen LogP contribution in [0.25, 0.3) is 125 Å². The Morgan fingerprint density at radius 3 is 1.48 bits per heavy atom. The Kier molecular flexibility index (Phi) is 6.41. The Morgan fingerprint density at radius 1 is 0.414 bits per heavy atom. The summed E-state index contributed by atoms with van der Waals surface area (Å²) in [7, 11) is 0. The molecule has 4 heterocycles. The van der Waals surface area contributed by atoms with Crippen LogP contribution in [-0.4, -0.2) is 9.13 Å². The van der Waals surface area contributed by atoms with E-state index in [1.54, 1.807) is 6.07 Å². The first-order valence-electron chi connectivity index (χ1n) is 18.8. The van der Waals surface area contributed by atoms with Crippen LogP contribution in [0, 0.1) is 19.7 Å². The zero-order valence-electron chi connectivity index (χ0n) is 30.5. The summed E-state index contributed by atoms with van der Waals surface area (Å²) in [6.45, 7) is 25.0. The smallest absolute Gasteiger partial charge is 0.217 e. The fourth-order valence-electron chi connectivity index (χ4n) is 9.11. The standard InChI is InChI=1S/C51H25N5O2/c1-52-30-20-25-43(55-41-16-8-4-12-31(41)35-21-23-37-33-14-6-10-18-45(33)57-50(37)48(35)55)39(28-30)29-26-40(53-2)47(54-3)44(27-29)56-42-17-9-5-13-32(42)36-22-24-38-34-15-7-11-19-46(34)58-51(38)49(36)56/h4-28H. The van der Waals surface area contributed by atoms with Gasteiger partial charge < -0.3 is 18.0 Å². The van der Waals surface area contributed by atoms with Gasteiger partial charge in [-0.25, -0.2) is 14.5 Å². The van der Waals surface area contributed by atoms with E-state index in [1.165, 1.54) is 0 Å². The highest BCUT2D eigenvalue weighted by Gasteiger charge is 2.25. The lowest BCUT2D eigenvalue weighted by atomic mass is 9.99. The van der Waals surface area contributed by atoms with E-state index in [0.717, 1.165) is 93.2 Å². The lowest BCUT2D eigenvalue weighted by Gasteiger charge is -2.18. The number of furan rings is 2. The summed E-state index contributed by atoms with van der Waals surface area (Å²) in [5.74, 6) is 0. The number of hydrogen-bond acceptors (Lipinski definition) is 2. The molecule has 0 saturated carbocycles. The number of hydrogen-bond donors (Lipinski definition) is 0. The average Bonchev–Trinajstić information content (AvgIpc) is 4.03. The second-order valence-corrected chi connectivity index (χ2v) is 14.5. The van der Waals surface area contributed by atoms with Gasteiger partial charge in [0.05, 0.1) is 47.5 Å². The van der Waals surface area contributed by atoms with Gasteiger partial charge in [-0.15, -0.1) is 0 Å². The van der Waals surface area contributed by atoms with E-state index in [0.29, 0.717) is 22.5 Å². The minimum absolute atomic E-state index is 0.214. The third kappa shape index (κ3) is 4.18. The van der Waals surface area contributed by atoms with Crippen molar-refractivity contribution >= 4 is 105 Å². The summed E-state index contributed by atoms with van der Waals surface area (Å²) >= 11 is 0. The molecule has 0 aliphatic heterocycles. The van der Waals surface area contributed by atoms with Crippen LogP contribution in [0.3, 0.4) is 0 Å². The monoisotopic (exact) mass is 739 g/mol. The number of aromatic nitrogens is 2. The number of nitrogens with zero attached hydrogens (tertiary/aromatic N) is 5. The molecule has 0 amide bonds. The average molecular weight is 740 g/mol. The molecule has 0 atom stereocenters. The van der Waals surface area contributed by atoms with Gasteiger partial charge >= 0.3 is 0 Å². The maximum atomic E-state index is 8.49. The minimum atomic E-state index is 0.214. The van der Waals surface area contributed by atoms with Crippen LogP contribution in [0.1, 0.15) is 0 Å². The highest BCUT2D eigenvalue weighted by molar-refractivity contribution is 6.23. The van der Waals surface area contributed by atoms with Crippen molar-refractivity contribution in [2.45, 2.75) is 0 Å². The van der Waals surface area contributed by atoms with E-state index in [9.17, 15) is 0 Å². The molecule has 4 aromatic heterocycles. The van der Waals surface area contributed by atoms with Crippen molar-refractivity contribution in [3.8, 4) is 22.5 Å². The summed E-state index contributed by atoms with van der Waals surface area (Å²) in [5.41, 5.74) is 10.3. The topological polar surface area (TPSA) is 49.2 Å². The maximum absolute atomic E-state index is 8.49. The molecule has 0 radical (unpaired) electrons. The van der Waals surface area contributed by atoms with Gasteiger partial charge in [-0.1, -0.05) is 97.1 Å². The third-order valence-corrected chi connectivity index (χ3v) is 11.6. The molecule has 0 N–H and O–H groups in total. The Balaban J connectivity index is 1.22. The Hall–Kier alpha value is -8.57. The molecule has 0 saturated heterocycles. The fraction of sp³-hybridized carbons (Fsp3) is 0. The molecule has 12 rings (SSSR count). The molecule has 0 fully saturated rings. The van der Waals surface area contributed by atoms with Crippen LogP contribution >= 0.6 is 0 Å². The van der Waals surface area contributed by atoms with Crippen LogP contribution in [0.5, 0.6) is 0 Å². The largest absolute Gasteiger partial charge is 0.454 e. The maximum Gasteiger partial charge on any atom is 0.217 e. The lowest BCUT2D eigenvalue weighted by Crippen LogP contribution is -1.99. The first-order valence-corrected chi connectivity index (χ1v) is 18.8. The van der Waals surface area contributed by atoms with Crippen LogP contribution < -0.4 is 0 Å². The van der Waals surface area contributed by atoms with Gasteiger partial charge in [0.25, 0.3) is 0 Å². The van der Waals surface area contributed by atoms with Crippen LogP contribution in [-0.2, 0) is 0 Å². The molecule has 266 valence electrons. The third-order valence-electron chi connectivity index (χ3n) is 11.6. The van der Waals surface area contributed by atoms with Gasteiger partial charge in [0.15, 0.2) is 22.5 Å². The molecular formula is C51H25N5O2. The number of benzene rings is 8. The summed E-state index contributed by atoms with van der Waals surface area (Å²) in [6, 6.07) is 50.5. The molecule has 7 nitrogen and oxygen atoms in total. The summed E-state index contributed by atoms with van der Waals surface area (Å²) in [4.78, 5) is 11.9. The van der Waals surface area contributed by atoms with Crippen molar-refractivity contribution in [2.24, 2.45) is 0 Å². The molecule has 0 aliphatic rings. The predicted molar refractivity (Wildman–Crippen MR) is 234 cm³/mol. The first-order chi connectivity index (χ1) is 28.6. The van der Waals surface area contributed by atoms with Gasteiger partial charge in [-0.2, -0.15) is 0 Å². The van der Waals surface area contributed by atoms with E-state index in [4.69, 9.17) is 28.6 Å². The number of para-hydroxylation sites is 4. The van der Waals surface area contributed by atoms with Crippen molar-refractivity contribution < 1.29 is 8.83 Å². The first kappa shape index (κ1) is 31.7. The molecule has 0 bridgehead atoms. The van der Waals surface area contributed by atoms with E-state index in [1.807, 2.05) is 91.0 Å². The van der Waals surface area contributed by atoms with Crippen LogP contribution in [0.4, 0.5) is 17.1 Å². The van der Waals surface area contributed by atoms with Gasteiger partial charge in [-0.3, -0.25) is 0 Å². The molecule has 58 heavy (non-hydrogen) atoms. The van der Waals surface area contributed by atoms with Crippen molar-refractivity contribution in [3.05, 3.63) is 186 Å². The molecular weight excluding hydrogens is 715 g/mol. The number of rotatable bonds is 3. The van der Waals surface area contributed by atoms with Gasteiger partial charge in [0.1, 0.15) is 11.2 Å². The van der Waals surface area contributed by atoms with Crippen molar-refractivity contribution in [1.29, 1.82) is 0 Å². The second-order valence-electron chi connectivity index (χ2n) is 14.5. The fourth-order valence-corrected chi connectivity index (χ4v) is 9.11. The molecule has 7 heteroatoms.